The number of piperazine rings is 1. The average Bonchev–Trinajstić information content (AvgIpc) is 2.64. The molecule has 0 radical (unpaired) electrons. The number of fused-ring (bicyclic) bond motifs is 1. The number of rotatable bonds is 6. The molecule has 1 aromatic carbocycles. The van der Waals surface area contributed by atoms with Gasteiger partial charge >= 0.3 is 0 Å². The first-order valence-corrected chi connectivity index (χ1v) is 8.98. The summed E-state index contributed by atoms with van der Waals surface area (Å²) in [6, 6.07) is 5.84. The molecule has 0 spiro atoms. The zero-order chi connectivity index (χ0) is 17.6. The number of amides is 2. The summed E-state index contributed by atoms with van der Waals surface area (Å²) < 4.78 is 5.61. The van der Waals surface area contributed by atoms with Crippen molar-refractivity contribution >= 4 is 23.2 Å². The number of carbonyl (C=O) groups excluding carboxylic acids is 2. The van der Waals surface area contributed by atoms with Crippen LogP contribution < -0.4 is 25.2 Å². The predicted octanol–water partition coefficient (Wildman–Crippen LogP) is 0.738. The molecular weight excluding hydrogens is 320 g/mol. The van der Waals surface area contributed by atoms with Crippen LogP contribution >= 0.6 is 0 Å². The van der Waals surface area contributed by atoms with Crippen molar-refractivity contribution in [1.29, 1.82) is 0 Å². The Morgan fingerprint density at radius 2 is 2.12 bits per heavy atom. The van der Waals surface area contributed by atoms with E-state index in [9.17, 15) is 9.59 Å². The van der Waals surface area contributed by atoms with Crippen molar-refractivity contribution in [2.75, 3.05) is 55.7 Å². The third-order valence-electron chi connectivity index (χ3n) is 4.52. The van der Waals surface area contributed by atoms with Crippen LogP contribution in [0, 0.1) is 0 Å². The van der Waals surface area contributed by atoms with Gasteiger partial charge in [-0.2, -0.15) is 0 Å². The maximum Gasteiger partial charge on any atom is 0.265 e. The lowest BCUT2D eigenvalue weighted by atomic mass is 10.2. The number of anilines is 2. The fourth-order valence-corrected chi connectivity index (χ4v) is 3.09. The number of ether oxygens (including phenoxy) is 1. The Balaban J connectivity index is 1.72. The standard InChI is InChI=1S/C18H26N4O3/c1-2-3-6-20-17(23)12-22-15-5-4-14(21-9-7-19-8-10-21)11-16(15)25-13-18(22)24/h4-5,11,19H,2-3,6-10,12-13H2,1H3,(H,20,23). The van der Waals surface area contributed by atoms with Gasteiger partial charge in [-0.15, -0.1) is 0 Å². The van der Waals surface area contributed by atoms with E-state index in [1.165, 1.54) is 4.90 Å². The topological polar surface area (TPSA) is 73.9 Å². The smallest absolute Gasteiger partial charge is 0.265 e. The summed E-state index contributed by atoms with van der Waals surface area (Å²) in [4.78, 5) is 28.1. The van der Waals surface area contributed by atoms with Crippen molar-refractivity contribution in [3.05, 3.63) is 18.2 Å². The van der Waals surface area contributed by atoms with E-state index in [-0.39, 0.29) is 25.0 Å². The third kappa shape index (κ3) is 4.22. The van der Waals surface area contributed by atoms with Gasteiger partial charge in [-0.25, -0.2) is 0 Å². The minimum atomic E-state index is -0.187. The highest BCUT2D eigenvalue weighted by Crippen LogP contribution is 2.35. The van der Waals surface area contributed by atoms with Crippen LogP contribution in [0.4, 0.5) is 11.4 Å². The van der Waals surface area contributed by atoms with E-state index in [4.69, 9.17) is 4.74 Å². The van der Waals surface area contributed by atoms with Gasteiger partial charge in [-0.3, -0.25) is 14.5 Å². The first-order chi connectivity index (χ1) is 12.2. The molecule has 25 heavy (non-hydrogen) atoms. The molecule has 2 aliphatic heterocycles. The van der Waals surface area contributed by atoms with Crippen LogP contribution in [0.3, 0.4) is 0 Å². The average molecular weight is 346 g/mol. The Morgan fingerprint density at radius 3 is 2.88 bits per heavy atom. The summed E-state index contributed by atoms with van der Waals surface area (Å²) in [6.45, 7) is 6.53. The molecule has 0 bridgehead atoms. The fraction of sp³-hybridized carbons (Fsp3) is 0.556. The van der Waals surface area contributed by atoms with Crippen molar-refractivity contribution in [2.24, 2.45) is 0 Å². The number of hydrogen-bond acceptors (Lipinski definition) is 5. The molecule has 1 aromatic rings. The van der Waals surface area contributed by atoms with Gasteiger partial charge in [0.2, 0.25) is 5.91 Å². The number of carbonyl (C=O) groups is 2. The largest absolute Gasteiger partial charge is 0.481 e. The highest BCUT2D eigenvalue weighted by molar-refractivity contribution is 6.02. The van der Waals surface area contributed by atoms with E-state index >= 15 is 0 Å². The normalized spacial score (nSPS) is 17.1. The van der Waals surface area contributed by atoms with Crippen LogP contribution in [0.5, 0.6) is 5.75 Å². The maximum atomic E-state index is 12.2. The van der Waals surface area contributed by atoms with Gasteiger partial charge in [0.25, 0.3) is 5.91 Å². The number of benzene rings is 1. The van der Waals surface area contributed by atoms with Crippen molar-refractivity contribution in [1.82, 2.24) is 10.6 Å². The Labute approximate surface area is 148 Å². The quantitative estimate of drug-likeness (QED) is 0.743. The van der Waals surface area contributed by atoms with Crippen LogP contribution in [0.2, 0.25) is 0 Å². The minimum absolute atomic E-state index is 0.0275. The van der Waals surface area contributed by atoms with Crippen molar-refractivity contribution in [2.45, 2.75) is 19.8 Å². The van der Waals surface area contributed by atoms with Crippen molar-refractivity contribution in [3.8, 4) is 5.75 Å². The Morgan fingerprint density at radius 1 is 1.32 bits per heavy atom. The first-order valence-electron chi connectivity index (χ1n) is 8.98. The molecule has 0 unspecified atom stereocenters. The molecule has 1 saturated heterocycles. The van der Waals surface area contributed by atoms with Crippen LogP contribution in [0.1, 0.15) is 19.8 Å². The van der Waals surface area contributed by atoms with Gasteiger partial charge in [0.1, 0.15) is 12.3 Å². The van der Waals surface area contributed by atoms with Crippen molar-refractivity contribution < 1.29 is 14.3 Å². The van der Waals surface area contributed by atoms with Crippen LogP contribution in [0.25, 0.3) is 0 Å². The van der Waals surface area contributed by atoms with Crippen LogP contribution in [0.15, 0.2) is 18.2 Å². The summed E-state index contributed by atoms with van der Waals surface area (Å²) in [6.07, 6.45) is 1.96. The van der Waals surface area contributed by atoms with Gasteiger partial charge in [-0.05, 0) is 18.6 Å². The van der Waals surface area contributed by atoms with E-state index in [0.29, 0.717) is 18.0 Å². The maximum absolute atomic E-state index is 12.2. The Bertz CT molecular complexity index is 629. The number of nitrogens with one attached hydrogen (secondary N) is 2. The molecule has 1 fully saturated rings. The lowest BCUT2D eigenvalue weighted by molar-refractivity contribution is -0.125. The molecule has 0 saturated carbocycles. The van der Waals surface area contributed by atoms with Gasteiger partial charge in [-0.1, -0.05) is 13.3 Å². The van der Waals surface area contributed by atoms with E-state index in [1.807, 2.05) is 18.2 Å². The molecule has 2 heterocycles. The van der Waals surface area contributed by atoms with E-state index in [1.54, 1.807) is 0 Å². The zero-order valence-electron chi connectivity index (χ0n) is 14.7. The number of nitrogens with zero attached hydrogens (tertiary/aromatic N) is 2. The molecule has 7 nitrogen and oxygen atoms in total. The summed E-state index contributed by atoms with van der Waals surface area (Å²) >= 11 is 0. The lowest BCUT2D eigenvalue weighted by Crippen LogP contribution is -2.45. The Hall–Kier alpha value is -2.28. The molecule has 0 atom stereocenters. The van der Waals surface area contributed by atoms with Gasteiger partial charge in [0.15, 0.2) is 6.61 Å². The summed E-state index contributed by atoms with van der Waals surface area (Å²) in [5, 5.41) is 6.19. The lowest BCUT2D eigenvalue weighted by Gasteiger charge is -2.32. The number of unbranched alkanes of at least 4 members (excludes halogenated alkanes) is 1. The second-order valence-corrected chi connectivity index (χ2v) is 6.36. The highest BCUT2D eigenvalue weighted by Gasteiger charge is 2.28. The zero-order valence-corrected chi connectivity index (χ0v) is 14.7. The van der Waals surface area contributed by atoms with Gasteiger partial charge in [0.05, 0.1) is 5.69 Å². The number of hydrogen-bond donors (Lipinski definition) is 2. The second-order valence-electron chi connectivity index (χ2n) is 6.36. The van der Waals surface area contributed by atoms with Crippen LogP contribution in [-0.4, -0.2) is 57.7 Å². The SMILES string of the molecule is CCCCNC(=O)CN1C(=O)COc2cc(N3CCNCC3)ccc21. The molecule has 136 valence electrons. The highest BCUT2D eigenvalue weighted by atomic mass is 16.5. The van der Waals surface area contributed by atoms with E-state index in [0.717, 1.165) is 44.7 Å². The minimum Gasteiger partial charge on any atom is -0.481 e. The molecule has 2 amide bonds. The predicted molar refractivity (Wildman–Crippen MR) is 97.3 cm³/mol. The van der Waals surface area contributed by atoms with Crippen LogP contribution in [-0.2, 0) is 9.59 Å². The second kappa shape index (κ2) is 8.20. The molecule has 3 rings (SSSR count). The Kier molecular flexibility index (Phi) is 5.75. The third-order valence-corrected chi connectivity index (χ3v) is 4.52. The van der Waals surface area contributed by atoms with Gasteiger partial charge < -0.3 is 20.3 Å². The van der Waals surface area contributed by atoms with E-state index < -0.39 is 0 Å². The molecule has 0 aromatic heterocycles. The monoisotopic (exact) mass is 346 g/mol. The molecule has 2 aliphatic rings. The summed E-state index contributed by atoms with van der Waals surface area (Å²) in [7, 11) is 0. The van der Waals surface area contributed by atoms with Gasteiger partial charge in [0, 0.05) is 44.5 Å². The van der Waals surface area contributed by atoms with Crippen molar-refractivity contribution in [3.63, 3.8) is 0 Å². The molecular formula is C18H26N4O3. The molecule has 2 N–H and O–H groups in total. The first kappa shape index (κ1) is 17.5. The summed E-state index contributed by atoms with van der Waals surface area (Å²) in [5.41, 5.74) is 1.75. The summed E-state index contributed by atoms with van der Waals surface area (Å²) in [5.74, 6) is 0.339. The molecule has 0 aliphatic carbocycles. The fourth-order valence-electron chi connectivity index (χ4n) is 3.09. The van der Waals surface area contributed by atoms with E-state index in [2.05, 4.69) is 22.5 Å². The molecule has 7 heteroatoms.